The summed E-state index contributed by atoms with van der Waals surface area (Å²) in [5, 5.41) is 3.57. The fraction of sp³-hybridized carbons (Fsp3) is 0.667. The molecule has 1 heterocycles. The largest absolute Gasteiger partial charge is 0.472 e. The van der Waals surface area contributed by atoms with E-state index in [4.69, 9.17) is 4.42 Å². The van der Waals surface area contributed by atoms with Crippen molar-refractivity contribution in [2.45, 2.75) is 39.2 Å². The van der Waals surface area contributed by atoms with Crippen molar-refractivity contribution in [3.05, 3.63) is 24.2 Å². The van der Waals surface area contributed by atoms with Gasteiger partial charge in [0.1, 0.15) is 0 Å². The van der Waals surface area contributed by atoms with Gasteiger partial charge in [0, 0.05) is 18.2 Å². The van der Waals surface area contributed by atoms with Crippen LogP contribution in [0.3, 0.4) is 0 Å². The van der Waals surface area contributed by atoms with Crippen LogP contribution in [0.25, 0.3) is 0 Å². The molecule has 1 aliphatic carbocycles. The van der Waals surface area contributed by atoms with E-state index in [0.29, 0.717) is 11.5 Å². The molecule has 78 valence electrons. The monoisotopic (exact) mass is 193 g/mol. The molecule has 1 N–H and O–H groups in total. The lowest BCUT2D eigenvalue weighted by atomic mass is 9.70. The van der Waals surface area contributed by atoms with Crippen LogP contribution in [0.4, 0.5) is 0 Å². The number of rotatable bonds is 4. The predicted molar refractivity (Wildman–Crippen MR) is 57.1 cm³/mol. The zero-order valence-corrected chi connectivity index (χ0v) is 9.05. The Bertz CT molecular complexity index is 275. The van der Waals surface area contributed by atoms with Crippen molar-refractivity contribution in [1.29, 1.82) is 0 Å². The van der Waals surface area contributed by atoms with Gasteiger partial charge in [-0.1, -0.05) is 13.3 Å². The van der Waals surface area contributed by atoms with Crippen molar-refractivity contribution in [3.63, 3.8) is 0 Å². The highest BCUT2D eigenvalue weighted by molar-refractivity contribution is 5.10. The quantitative estimate of drug-likeness (QED) is 0.794. The average Bonchev–Trinajstić information content (AvgIpc) is 2.63. The molecule has 0 spiro atoms. The number of furan rings is 1. The standard InChI is InChI=1S/C12H19NO/c1-10(11-4-7-14-8-11)13-9-12(2)5-3-6-12/h4,7-8,10,13H,3,5-6,9H2,1-2H3. The van der Waals surface area contributed by atoms with Crippen LogP contribution in [0.2, 0.25) is 0 Å². The Morgan fingerprint density at radius 3 is 2.86 bits per heavy atom. The van der Waals surface area contributed by atoms with Gasteiger partial charge < -0.3 is 9.73 Å². The van der Waals surface area contributed by atoms with Gasteiger partial charge in [0.15, 0.2) is 0 Å². The van der Waals surface area contributed by atoms with E-state index in [1.807, 2.05) is 12.3 Å². The molecule has 2 nitrogen and oxygen atoms in total. The Hall–Kier alpha value is -0.760. The van der Waals surface area contributed by atoms with Crippen LogP contribution in [0, 0.1) is 5.41 Å². The minimum absolute atomic E-state index is 0.408. The topological polar surface area (TPSA) is 25.2 Å². The van der Waals surface area contributed by atoms with Gasteiger partial charge in [0.2, 0.25) is 0 Å². The molecule has 14 heavy (non-hydrogen) atoms. The van der Waals surface area contributed by atoms with Crippen molar-refractivity contribution >= 4 is 0 Å². The lowest BCUT2D eigenvalue weighted by Gasteiger charge is -2.39. The summed E-state index contributed by atoms with van der Waals surface area (Å²) in [6, 6.07) is 2.44. The summed E-state index contributed by atoms with van der Waals surface area (Å²) in [7, 11) is 0. The third-order valence-corrected chi connectivity index (χ3v) is 3.44. The maximum Gasteiger partial charge on any atom is 0.0950 e. The SMILES string of the molecule is CC(NCC1(C)CCC1)c1ccoc1. The molecule has 0 bridgehead atoms. The Kier molecular flexibility index (Phi) is 2.64. The lowest BCUT2D eigenvalue weighted by Crippen LogP contribution is -2.38. The highest BCUT2D eigenvalue weighted by atomic mass is 16.3. The molecule has 0 aliphatic heterocycles. The van der Waals surface area contributed by atoms with Gasteiger partial charge in [0.25, 0.3) is 0 Å². The summed E-state index contributed by atoms with van der Waals surface area (Å²) in [5.74, 6) is 0. The van der Waals surface area contributed by atoms with Crippen molar-refractivity contribution < 1.29 is 4.42 Å². The molecule has 1 atom stereocenters. The molecule has 1 aliphatic rings. The Balaban J connectivity index is 1.80. The molecule has 1 fully saturated rings. The first kappa shape index (κ1) is 9.78. The van der Waals surface area contributed by atoms with Crippen molar-refractivity contribution in [3.8, 4) is 0 Å². The van der Waals surface area contributed by atoms with Crippen molar-refractivity contribution in [2.24, 2.45) is 5.41 Å². The van der Waals surface area contributed by atoms with Gasteiger partial charge >= 0.3 is 0 Å². The first-order valence-corrected chi connectivity index (χ1v) is 5.45. The molecular weight excluding hydrogens is 174 g/mol. The van der Waals surface area contributed by atoms with E-state index < -0.39 is 0 Å². The summed E-state index contributed by atoms with van der Waals surface area (Å²) >= 11 is 0. The molecule has 0 aromatic carbocycles. The highest BCUT2D eigenvalue weighted by Crippen LogP contribution is 2.39. The predicted octanol–water partition coefficient (Wildman–Crippen LogP) is 3.12. The second-order valence-electron chi connectivity index (χ2n) is 4.82. The number of hydrogen-bond donors (Lipinski definition) is 1. The summed E-state index contributed by atoms with van der Waals surface area (Å²) in [5.41, 5.74) is 1.80. The minimum atomic E-state index is 0.408. The van der Waals surface area contributed by atoms with E-state index >= 15 is 0 Å². The maximum atomic E-state index is 5.07. The summed E-state index contributed by atoms with van der Waals surface area (Å²) in [4.78, 5) is 0. The number of nitrogens with one attached hydrogen (secondary N) is 1. The van der Waals surface area contributed by atoms with Crippen molar-refractivity contribution in [1.82, 2.24) is 5.32 Å². The molecule has 1 unspecified atom stereocenters. The molecule has 1 aromatic rings. The molecule has 0 saturated heterocycles. The third-order valence-electron chi connectivity index (χ3n) is 3.44. The van der Waals surface area contributed by atoms with E-state index in [9.17, 15) is 0 Å². The lowest BCUT2D eigenvalue weighted by molar-refractivity contribution is 0.152. The van der Waals surface area contributed by atoms with Gasteiger partial charge in [-0.2, -0.15) is 0 Å². The van der Waals surface area contributed by atoms with Crippen LogP contribution in [0.15, 0.2) is 23.0 Å². The first-order valence-electron chi connectivity index (χ1n) is 5.45. The molecule has 1 aromatic heterocycles. The van der Waals surface area contributed by atoms with Crippen LogP contribution in [0.1, 0.15) is 44.7 Å². The highest BCUT2D eigenvalue weighted by Gasteiger charge is 2.31. The molecule has 0 radical (unpaired) electrons. The summed E-state index contributed by atoms with van der Waals surface area (Å²) < 4.78 is 5.07. The summed E-state index contributed by atoms with van der Waals surface area (Å²) in [6.07, 6.45) is 7.70. The smallest absolute Gasteiger partial charge is 0.0950 e. The van der Waals surface area contributed by atoms with Gasteiger partial charge in [-0.15, -0.1) is 0 Å². The Labute approximate surface area is 85.7 Å². The van der Waals surface area contributed by atoms with Gasteiger partial charge in [-0.25, -0.2) is 0 Å². The average molecular weight is 193 g/mol. The second kappa shape index (κ2) is 3.77. The fourth-order valence-corrected chi connectivity index (χ4v) is 2.00. The minimum Gasteiger partial charge on any atom is -0.472 e. The second-order valence-corrected chi connectivity index (χ2v) is 4.82. The maximum absolute atomic E-state index is 5.07. The van der Waals surface area contributed by atoms with Crippen LogP contribution < -0.4 is 5.32 Å². The fourth-order valence-electron chi connectivity index (χ4n) is 2.00. The van der Waals surface area contributed by atoms with Gasteiger partial charge in [-0.05, 0) is 31.2 Å². The number of hydrogen-bond acceptors (Lipinski definition) is 2. The molecule has 0 amide bonds. The molecule has 2 heteroatoms. The Morgan fingerprint density at radius 2 is 2.36 bits per heavy atom. The molecule has 1 saturated carbocycles. The molecule has 2 rings (SSSR count). The van der Waals surface area contributed by atoms with E-state index in [1.54, 1.807) is 6.26 Å². The van der Waals surface area contributed by atoms with Crippen LogP contribution in [-0.4, -0.2) is 6.54 Å². The van der Waals surface area contributed by atoms with E-state index in [-0.39, 0.29) is 0 Å². The van der Waals surface area contributed by atoms with Gasteiger partial charge in [0.05, 0.1) is 12.5 Å². The first-order chi connectivity index (χ1) is 6.70. The van der Waals surface area contributed by atoms with Crippen LogP contribution in [-0.2, 0) is 0 Å². The third kappa shape index (κ3) is 2.01. The van der Waals surface area contributed by atoms with E-state index in [0.717, 1.165) is 6.54 Å². The zero-order chi connectivity index (χ0) is 10.0. The van der Waals surface area contributed by atoms with Crippen molar-refractivity contribution in [2.75, 3.05) is 6.54 Å². The van der Waals surface area contributed by atoms with E-state index in [2.05, 4.69) is 19.2 Å². The van der Waals surface area contributed by atoms with Gasteiger partial charge in [-0.3, -0.25) is 0 Å². The normalized spacial score (nSPS) is 21.6. The zero-order valence-electron chi connectivity index (χ0n) is 9.05. The van der Waals surface area contributed by atoms with E-state index in [1.165, 1.54) is 24.8 Å². The van der Waals surface area contributed by atoms with Crippen LogP contribution in [0.5, 0.6) is 0 Å². The summed E-state index contributed by atoms with van der Waals surface area (Å²) in [6.45, 7) is 5.68. The van der Waals surface area contributed by atoms with Crippen LogP contribution >= 0.6 is 0 Å². The molecular formula is C12H19NO. The Morgan fingerprint density at radius 1 is 1.57 bits per heavy atom.